The molecule has 1 heterocycles. The molecule has 1 aliphatic rings. The van der Waals surface area contributed by atoms with Gasteiger partial charge in [-0.1, -0.05) is 30.3 Å². The first kappa shape index (κ1) is 16.4. The van der Waals surface area contributed by atoms with Gasteiger partial charge in [0, 0.05) is 44.8 Å². The summed E-state index contributed by atoms with van der Waals surface area (Å²) in [6.07, 6.45) is 0. The molecule has 1 atom stereocenters. The molecule has 2 rings (SSSR count). The minimum Gasteiger partial charge on any atom is -0.382 e. The Morgan fingerprint density at radius 1 is 1.05 bits per heavy atom. The highest BCUT2D eigenvalue weighted by Crippen LogP contribution is 2.23. The first-order chi connectivity index (χ1) is 9.85. The number of β-amino-alcohol motifs (C(OH)–C–C–N with tert-alkyl or cyclic N) is 1. The van der Waals surface area contributed by atoms with E-state index in [1.165, 1.54) is 0 Å². The van der Waals surface area contributed by atoms with Crippen LogP contribution in [0.25, 0.3) is 0 Å². The lowest BCUT2D eigenvalue weighted by Crippen LogP contribution is -2.56. The molecule has 3 N–H and O–H groups in total. The van der Waals surface area contributed by atoms with E-state index in [-0.39, 0.29) is 12.1 Å². The fraction of sp³-hybridized carbons (Fsp3) is 0.647. The van der Waals surface area contributed by atoms with Crippen LogP contribution in [-0.4, -0.2) is 59.7 Å². The van der Waals surface area contributed by atoms with Crippen LogP contribution in [0.3, 0.4) is 0 Å². The van der Waals surface area contributed by atoms with Crippen molar-refractivity contribution in [3.05, 3.63) is 35.9 Å². The lowest BCUT2D eigenvalue weighted by atomic mass is 9.93. The van der Waals surface area contributed by atoms with Gasteiger partial charge in [-0.3, -0.25) is 9.80 Å². The van der Waals surface area contributed by atoms with Gasteiger partial charge in [0.2, 0.25) is 0 Å². The van der Waals surface area contributed by atoms with Crippen LogP contribution in [0.5, 0.6) is 0 Å². The van der Waals surface area contributed by atoms with Crippen LogP contribution >= 0.6 is 0 Å². The van der Waals surface area contributed by atoms with Crippen LogP contribution in [-0.2, 0) is 5.60 Å². The summed E-state index contributed by atoms with van der Waals surface area (Å²) < 4.78 is 0. The molecule has 1 fully saturated rings. The zero-order valence-corrected chi connectivity index (χ0v) is 13.5. The average Bonchev–Trinajstić information content (AvgIpc) is 2.47. The predicted octanol–water partition coefficient (Wildman–Crippen LogP) is 1.25. The molecule has 1 saturated heterocycles. The van der Waals surface area contributed by atoms with Crippen molar-refractivity contribution in [1.29, 1.82) is 0 Å². The summed E-state index contributed by atoms with van der Waals surface area (Å²) in [6.45, 7) is 11.6. The molecule has 21 heavy (non-hydrogen) atoms. The molecule has 1 aromatic rings. The van der Waals surface area contributed by atoms with Crippen LogP contribution in [0, 0.1) is 0 Å². The number of hydrogen-bond donors (Lipinski definition) is 2. The van der Waals surface area contributed by atoms with Crippen molar-refractivity contribution in [3.63, 3.8) is 0 Å². The van der Waals surface area contributed by atoms with E-state index in [0.29, 0.717) is 6.54 Å². The molecule has 0 saturated carbocycles. The Morgan fingerprint density at radius 2 is 1.62 bits per heavy atom. The van der Waals surface area contributed by atoms with Crippen LogP contribution < -0.4 is 5.73 Å². The van der Waals surface area contributed by atoms with Gasteiger partial charge in [-0.05, 0) is 26.3 Å². The topological polar surface area (TPSA) is 52.7 Å². The third-order valence-corrected chi connectivity index (χ3v) is 4.45. The number of benzene rings is 1. The summed E-state index contributed by atoms with van der Waals surface area (Å²) in [6, 6.07) is 9.78. The Balaban J connectivity index is 1.98. The van der Waals surface area contributed by atoms with Crippen molar-refractivity contribution in [1.82, 2.24) is 9.80 Å². The second-order valence-electron chi connectivity index (χ2n) is 7.04. The van der Waals surface area contributed by atoms with E-state index in [1.54, 1.807) is 0 Å². The average molecular weight is 291 g/mol. The third kappa shape index (κ3) is 4.04. The fourth-order valence-corrected chi connectivity index (χ4v) is 2.97. The highest BCUT2D eigenvalue weighted by molar-refractivity contribution is 5.23. The molecule has 1 aromatic carbocycles. The normalized spacial score (nSPS) is 21.2. The van der Waals surface area contributed by atoms with Crippen molar-refractivity contribution in [2.45, 2.75) is 31.9 Å². The minimum atomic E-state index is -0.953. The summed E-state index contributed by atoms with van der Waals surface area (Å²) in [7, 11) is 0. The Labute approximate surface area is 128 Å². The maximum atomic E-state index is 10.9. The second-order valence-corrected chi connectivity index (χ2v) is 7.04. The van der Waals surface area contributed by atoms with Gasteiger partial charge in [-0.2, -0.15) is 0 Å². The van der Waals surface area contributed by atoms with Crippen molar-refractivity contribution in [2.75, 3.05) is 39.3 Å². The first-order valence-corrected chi connectivity index (χ1v) is 7.80. The van der Waals surface area contributed by atoms with E-state index < -0.39 is 5.60 Å². The SMILES string of the molecule is CC(C)(C)N1CCN(CC(O)(CN)c2ccccc2)CC1. The van der Waals surface area contributed by atoms with Crippen molar-refractivity contribution in [3.8, 4) is 0 Å². The lowest BCUT2D eigenvalue weighted by Gasteiger charge is -2.44. The molecule has 0 aromatic heterocycles. The minimum absolute atomic E-state index is 0.218. The molecule has 0 aliphatic carbocycles. The van der Waals surface area contributed by atoms with Gasteiger partial charge in [0.05, 0.1) is 0 Å². The smallest absolute Gasteiger partial charge is 0.114 e. The zero-order chi connectivity index (χ0) is 15.5. The molecule has 1 aliphatic heterocycles. The molecule has 0 radical (unpaired) electrons. The van der Waals surface area contributed by atoms with Gasteiger partial charge in [-0.25, -0.2) is 0 Å². The van der Waals surface area contributed by atoms with Crippen molar-refractivity contribution < 1.29 is 5.11 Å². The van der Waals surface area contributed by atoms with Crippen LogP contribution in [0.4, 0.5) is 0 Å². The van der Waals surface area contributed by atoms with Gasteiger partial charge < -0.3 is 10.8 Å². The zero-order valence-electron chi connectivity index (χ0n) is 13.5. The number of rotatable bonds is 4. The van der Waals surface area contributed by atoms with Crippen LogP contribution in [0.15, 0.2) is 30.3 Å². The maximum absolute atomic E-state index is 10.9. The summed E-state index contributed by atoms with van der Waals surface area (Å²) in [5.74, 6) is 0. The fourth-order valence-electron chi connectivity index (χ4n) is 2.97. The summed E-state index contributed by atoms with van der Waals surface area (Å²) in [4.78, 5) is 4.82. The Bertz CT molecular complexity index is 435. The van der Waals surface area contributed by atoms with E-state index in [4.69, 9.17) is 5.73 Å². The van der Waals surface area contributed by atoms with E-state index in [9.17, 15) is 5.11 Å². The third-order valence-electron chi connectivity index (χ3n) is 4.45. The van der Waals surface area contributed by atoms with Gasteiger partial charge in [0.15, 0.2) is 0 Å². The predicted molar refractivity (Wildman–Crippen MR) is 87.2 cm³/mol. The number of piperazine rings is 1. The quantitative estimate of drug-likeness (QED) is 0.876. The molecule has 4 heteroatoms. The first-order valence-electron chi connectivity index (χ1n) is 7.80. The molecule has 118 valence electrons. The lowest BCUT2D eigenvalue weighted by molar-refractivity contribution is -0.0178. The van der Waals surface area contributed by atoms with Crippen LogP contribution in [0.1, 0.15) is 26.3 Å². The van der Waals surface area contributed by atoms with E-state index in [2.05, 4.69) is 30.6 Å². The standard InChI is InChI=1S/C17H29N3O/c1-16(2,3)20-11-9-19(10-12-20)14-17(21,13-18)15-7-5-4-6-8-15/h4-8,21H,9-14,18H2,1-3H3. The largest absolute Gasteiger partial charge is 0.382 e. The van der Waals surface area contributed by atoms with Crippen molar-refractivity contribution in [2.24, 2.45) is 5.73 Å². The molecule has 0 spiro atoms. The summed E-state index contributed by atoms with van der Waals surface area (Å²) in [5, 5.41) is 10.9. The Morgan fingerprint density at radius 3 is 2.10 bits per heavy atom. The van der Waals surface area contributed by atoms with Gasteiger partial charge in [0.1, 0.15) is 5.60 Å². The van der Waals surface area contributed by atoms with Gasteiger partial charge in [-0.15, -0.1) is 0 Å². The highest BCUT2D eigenvalue weighted by Gasteiger charge is 2.33. The maximum Gasteiger partial charge on any atom is 0.114 e. The monoisotopic (exact) mass is 291 g/mol. The van der Waals surface area contributed by atoms with E-state index >= 15 is 0 Å². The number of hydrogen-bond acceptors (Lipinski definition) is 4. The van der Waals surface area contributed by atoms with Crippen molar-refractivity contribution >= 4 is 0 Å². The molecule has 1 unspecified atom stereocenters. The molecule has 0 amide bonds. The molecular formula is C17H29N3O. The summed E-state index contributed by atoms with van der Waals surface area (Å²) in [5.41, 5.74) is 6.04. The number of aliphatic hydroxyl groups is 1. The number of nitrogens with two attached hydrogens (primary N) is 1. The molecular weight excluding hydrogens is 262 g/mol. The molecule has 0 bridgehead atoms. The van der Waals surface area contributed by atoms with Gasteiger partial charge >= 0.3 is 0 Å². The Hall–Kier alpha value is -0.940. The Kier molecular flexibility index (Phi) is 5.04. The number of nitrogens with zero attached hydrogens (tertiary/aromatic N) is 2. The second kappa shape index (κ2) is 6.44. The summed E-state index contributed by atoms with van der Waals surface area (Å²) >= 11 is 0. The van der Waals surface area contributed by atoms with E-state index in [0.717, 1.165) is 31.7 Å². The molecule has 4 nitrogen and oxygen atoms in total. The van der Waals surface area contributed by atoms with Crippen LogP contribution in [0.2, 0.25) is 0 Å². The van der Waals surface area contributed by atoms with Gasteiger partial charge in [0.25, 0.3) is 0 Å². The van der Waals surface area contributed by atoms with E-state index in [1.807, 2.05) is 30.3 Å². The highest BCUT2D eigenvalue weighted by atomic mass is 16.3.